The molecular weight excluding hydrogens is 532 g/mol. The van der Waals surface area contributed by atoms with Crippen molar-refractivity contribution < 1.29 is 14.7 Å². The van der Waals surface area contributed by atoms with Crippen molar-refractivity contribution in [2.24, 2.45) is 0 Å². The number of carbonyl (C=O) groups excluding carboxylic acids is 2. The number of aromatic hydroxyl groups is 1. The summed E-state index contributed by atoms with van der Waals surface area (Å²) in [5.41, 5.74) is 7.87. The number of nitrogens with zero attached hydrogens (tertiary/aromatic N) is 2. The highest BCUT2D eigenvalue weighted by atomic mass is 16.3. The van der Waals surface area contributed by atoms with Crippen LogP contribution in [0, 0.1) is 13.8 Å². The molecule has 0 fully saturated rings. The minimum Gasteiger partial charge on any atom is -0.508 e. The van der Waals surface area contributed by atoms with E-state index in [2.05, 4.69) is 53.4 Å². The van der Waals surface area contributed by atoms with Gasteiger partial charge in [0.1, 0.15) is 5.75 Å². The second-order valence-electron chi connectivity index (χ2n) is 10.8. The molecule has 7 rings (SSSR count). The van der Waals surface area contributed by atoms with Gasteiger partial charge in [-0.2, -0.15) is 0 Å². The van der Waals surface area contributed by atoms with Gasteiger partial charge in [-0.05, 0) is 102 Å². The average Bonchev–Trinajstić information content (AvgIpc) is 3.02. The molecule has 2 amide bonds. The predicted octanol–water partition coefficient (Wildman–Crippen LogP) is 9.10. The van der Waals surface area contributed by atoms with E-state index in [1.165, 1.54) is 4.90 Å². The Kier molecular flexibility index (Phi) is 6.28. The van der Waals surface area contributed by atoms with Gasteiger partial charge in [-0.3, -0.25) is 9.59 Å². The molecule has 43 heavy (non-hydrogen) atoms. The van der Waals surface area contributed by atoms with Crippen LogP contribution in [0.3, 0.4) is 0 Å². The minimum atomic E-state index is -0.367. The summed E-state index contributed by atoms with van der Waals surface area (Å²) in [6.45, 7) is 3.59. The maximum absolute atomic E-state index is 13.9. The number of imide groups is 1. The van der Waals surface area contributed by atoms with E-state index in [9.17, 15) is 14.7 Å². The molecule has 5 nitrogen and oxygen atoms in total. The molecule has 0 bridgehead atoms. The lowest BCUT2D eigenvalue weighted by atomic mass is 9.88. The molecule has 0 aliphatic carbocycles. The van der Waals surface area contributed by atoms with Crippen LogP contribution in [0.15, 0.2) is 127 Å². The molecule has 5 heteroatoms. The van der Waals surface area contributed by atoms with Crippen LogP contribution in [-0.2, 0) is 0 Å². The number of phenolic OH excluding ortho intramolecular Hbond substituents is 1. The number of carbonyl (C=O) groups is 2. The first-order chi connectivity index (χ1) is 20.9. The van der Waals surface area contributed by atoms with Crippen LogP contribution >= 0.6 is 0 Å². The van der Waals surface area contributed by atoms with Crippen molar-refractivity contribution in [3.63, 3.8) is 0 Å². The molecule has 1 heterocycles. The summed E-state index contributed by atoms with van der Waals surface area (Å²) >= 11 is 0. The van der Waals surface area contributed by atoms with Crippen molar-refractivity contribution in [2.45, 2.75) is 13.8 Å². The molecule has 1 aliphatic heterocycles. The molecule has 0 atom stereocenters. The second kappa shape index (κ2) is 10.3. The van der Waals surface area contributed by atoms with E-state index in [1.807, 2.05) is 60.7 Å². The Morgan fingerprint density at radius 2 is 1.07 bits per heavy atom. The summed E-state index contributed by atoms with van der Waals surface area (Å²) in [6.07, 6.45) is 0. The maximum Gasteiger partial charge on any atom is 0.266 e. The SMILES string of the molecule is Cc1cc(O)cc(C)c1N1C(=O)c2cccc3c(-c4ccc(N(c5ccccc5)c5ccccc5)cc4)ccc(c23)C1=O. The summed E-state index contributed by atoms with van der Waals surface area (Å²) < 4.78 is 0. The third-order valence-electron chi connectivity index (χ3n) is 8.07. The Bertz CT molecular complexity index is 1950. The number of hydrogen-bond donors (Lipinski definition) is 1. The van der Waals surface area contributed by atoms with Gasteiger partial charge in [-0.15, -0.1) is 0 Å². The Morgan fingerprint density at radius 3 is 1.65 bits per heavy atom. The van der Waals surface area contributed by atoms with Crippen LogP contribution in [0.4, 0.5) is 22.7 Å². The standard InChI is InChI=1S/C38H28N2O3/c1-24-22-30(41)23-25(2)36(24)40-37(42)33-15-9-14-32-31(20-21-34(35(32)33)38(40)43)26-16-18-29(19-17-26)39(27-10-5-3-6-11-27)28-12-7-4-8-13-28/h3-23,41H,1-2H3. The van der Waals surface area contributed by atoms with Gasteiger partial charge >= 0.3 is 0 Å². The quantitative estimate of drug-likeness (QED) is 0.214. The highest BCUT2D eigenvalue weighted by Gasteiger charge is 2.36. The lowest BCUT2D eigenvalue weighted by molar-refractivity contribution is 0.0893. The van der Waals surface area contributed by atoms with Crippen LogP contribution in [-0.4, -0.2) is 16.9 Å². The molecule has 1 N–H and O–H groups in total. The zero-order valence-electron chi connectivity index (χ0n) is 23.8. The molecule has 0 saturated heterocycles. The van der Waals surface area contributed by atoms with Gasteiger partial charge in [-0.1, -0.05) is 66.7 Å². The molecule has 0 saturated carbocycles. The van der Waals surface area contributed by atoms with Gasteiger partial charge in [-0.25, -0.2) is 4.90 Å². The molecule has 6 aromatic carbocycles. The zero-order chi connectivity index (χ0) is 29.7. The summed E-state index contributed by atoms with van der Waals surface area (Å²) in [6, 6.07) is 41.4. The first kappa shape index (κ1) is 26.2. The molecule has 208 valence electrons. The van der Waals surface area contributed by atoms with Crippen molar-refractivity contribution >= 4 is 45.3 Å². The van der Waals surface area contributed by atoms with Crippen molar-refractivity contribution in [1.82, 2.24) is 0 Å². The number of hydrogen-bond acceptors (Lipinski definition) is 4. The second-order valence-corrected chi connectivity index (χ2v) is 10.8. The van der Waals surface area contributed by atoms with Crippen LogP contribution in [0.5, 0.6) is 5.75 Å². The fraction of sp³-hybridized carbons (Fsp3) is 0.0526. The Morgan fingerprint density at radius 1 is 0.558 bits per heavy atom. The number of rotatable bonds is 5. The van der Waals surface area contributed by atoms with Gasteiger partial charge < -0.3 is 10.0 Å². The van der Waals surface area contributed by atoms with E-state index in [4.69, 9.17) is 0 Å². The van der Waals surface area contributed by atoms with Gasteiger partial charge in [0.05, 0.1) is 5.69 Å². The number of benzene rings is 6. The largest absolute Gasteiger partial charge is 0.508 e. The highest BCUT2D eigenvalue weighted by Crippen LogP contribution is 2.41. The van der Waals surface area contributed by atoms with E-state index in [-0.39, 0.29) is 17.6 Å². The topological polar surface area (TPSA) is 60.9 Å². The zero-order valence-corrected chi connectivity index (χ0v) is 23.8. The fourth-order valence-electron chi connectivity index (χ4n) is 6.23. The van der Waals surface area contributed by atoms with Crippen LogP contribution in [0.1, 0.15) is 31.8 Å². The van der Waals surface area contributed by atoms with Crippen molar-refractivity contribution in [3.8, 4) is 16.9 Å². The summed E-state index contributed by atoms with van der Waals surface area (Å²) in [5.74, 6) is -0.632. The summed E-state index contributed by atoms with van der Waals surface area (Å²) in [5, 5.41) is 11.6. The molecule has 1 aliphatic rings. The van der Waals surface area contributed by atoms with Crippen LogP contribution in [0.25, 0.3) is 21.9 Å². The van der Waals surface area contributed by atoms with Gasteiger partial charge in [0.2, 0.25) is 0 Å². The van der Waals surface area contributed by atoms with Gasteiger partial charge in [0.15, 0.2) is 0 Å². The molecule has 0 aromatic heterocycles. The predicted molar refractivity (Wildman–Crippen MR) is 173 cm³/mol. The van der Waals surface area contributed by atoms with E-state index in [0.29, 0.717) is 33.3 Å². The van der Waals surface area contributed by atoms with Crippen LogP contribution < -0.4 is 9.80 Å². The maximum atomic E-state index is 13.9. The Labute approximate surface area is 249 Å². The van der Waals surface area contributed by atoms with Gasteiger partial charge in [0, 0.05) is 33.6 Å². The monoisotopic (exact) mass is 560 g/mol. The average molecular weight is 561 g/mol. The molecule has 0 unspecified atom stereocenters. The van der Waals surface area contributed by atoms with E-state index in [1.54, 1.807) is 32.0 Å². The number of para-hydroxylation sites is 2. The fourth-order valence-corrected chi connectivity index (χ4v) is 6.23. The molecule has 0 radical (unpaired) electrons. The first-order valence-electron chi connectivity index (χ1n) is 14.2. The van der Waals surface area contributed by atoms with Crippen molar-refractivity contribution in [2.75, 3.05) is 9.80 Å². The normalized spacial score (nSPS) is 12.6. The third kappa shape index (κ3) is 4.34. The summed E-state index contributed by atoms with van der Waals surface area (Å²) in [7, 11) is 0. The van der Waals surface area contributed by atoms with E-state index < -0.39 is 0 Å². The molecule has 0 spiro atoms. The smallest absolute Gasteiger partial charge is 0.266 e. The highest BCUT2D eigenvalue weighted by molar-refractivity contribution is 6.36. The summed E-state index contributed by atoms with van der Waals surface area (Å²) in [4.78, 5) is 31.2. The van der Waals surface area contributed by atoms with Crippen molar-refractivity contribution in [3.05, 3.63) is 150 Å². The molecular formula is C38H28N2O3. The number of aryl methyl sites for hydroxylation is 2. The number of anilines is 4. The van der Waals surface area contributed by atoms with E-state index in [0.717, 1.165) is 33.6 Å². The van der Waals surface area contributed by atoms with E-state index >= 15 is 0 Å². The first-order valence-corrected chi connectivity index (χ1v) is 14.2. The number of phenols is 1. The van der Waals surface area contributed by atoms with Crippen LogP contribution in [0.2, 0.25) is 0 Å². The molecule has 6 aromatic rings. The number of amides is 2. The minimum absolute atomic E-state index is 0.101. The Balaban J connectivity index is 1.32. The van der Waals surface area contributed by atoms with Gasteiger partial charge in [0.25, 0.3) is 11.8 Å². The lowest BCUT2D eigenvalue weighted by Crippen LogP contribution is -2.41. The van der Waals surface area contributed by atoms with Crippen molar-refractivity contribution in [1.29, 1.82) is 0 Å². The lowest BCUT2D eigenvalue weighted by Gasteiger charge is -2.30. The Hall–Kier alpha value is -5.68. The third-order valence-corrected chi connectivity index (χ3v) is 8.07.